The lowest BCUT2D eigenvalue weighted by molar-refractivity contribution is -0.171. The highest BCUT2D eigenvalue weighted by Gasteiger charge is 2.53. The van der Waals surface area contributed by atoms with Gasteiger partial charge in [-0.3, -0.25) is 20.2 Å². The molecule has 3 aromatic rings. The molecule has 1 aliphatic rings. The van der Waals surface area contributed by atoms with Gasteiger partial charge in [-0.1, -0.05) is 91.0 Å². The Morgan fingerprint density at radius 3 is 1.18 bits per heavy atom. The number of hydrogen-bond donors (Lipinski definition) is 6. The molecule has 1 fully saturated rings. The van der Waals surface area contributed by atoms with Crippen molar-refractivity contribution in [2.24, 2.45) is 0 Å². The van der Waals surface area contributed by atoms with Crippen LogP contribution in [0.5, 0.6) is 0 Å². The van der Waals surface area contributed by atoms with E-state index in [4.69, 9.17) is 23.7 Å². The summed E-state index contributed by atoms with van der Waals surface area (Å²) in [7, 11) is 0. The fraction of sp³-hybridized carbons (Fsp3) is 0.535. The number of esters is 2. The molecule has 0 heterocycles. The Labute approximate surface area is 331 Å². The normalized spacial score (nSPS) is 22.6. The SMILES string of the molecule is CC(C)(C)OC(=O)CN[C@H]1C(OCc2ccccc2)C(NC[C@H](O)[C@H](O)CO)[C@@H](OCc2ccccc2)[C@@H](NCC(=O)OC(C)(C)C)C1OCc1ccccc1. The van der Waals surface area contributed by atoms with E-state index in [1.165, 1.54) is 0 Å². The molecular weight excluding hydrogens is 718 g/mol. The van der Waals surface area contributed by atoms with E-state index in [1.54, 1.807) is 41.5 Å². The van der Waals surface area contributed by atoms with Crippen LogP contribution in [0.25, 0.3) is 0 Å². The van der Waals surface area contributed by atoms with Crippen LogP contribution in [0.3, 0.4) is 0 Å². The van der Waals surface area contributed by atoms with Gasteiger partial charge in [-0.15, -0.1) is 0 Å². The maximum atomic E-state index is 13.3. The number of carbonyl (C=O) groups excluding carboxylic acids is 2. The van der Waals surface area contributed by atoms with E-state index in [0.717, 1.165) is 16.7 Å². The summed E-state index contributed by atoms with van der Waals surface area (Å²) in [6.45, 7) is 10.1. The molecule has 0 amide bonds. The van der Waals surface area contributed by atoms with Crippen LogP contribution in [-0.2, 0) is 53.1 Å². The van der Waals surface area contributed by atoms with E-state index in [-0.39, 0.29) is 39.5 Å². The highest BCUT2D eigenvalue weighted by molar-refractivity contribution is 5.72. The summed E-state index contributed by atoms with van der Waals surface area (Å²) in [6.07, 6.45) is -5.18. The maximum absolute atomic E-state index is 13.3. The molecule has 1 saturated carbocycles. The van der Waals surface area contributed by atoms with Crippen LogP contribution in [0.1, 0.15) is 58.2 Å². The number of hydrogen-bond acceptors (Lipinski definition) is 13. The molecule has 0 aliphatic heterocycles. The van der Waals surface area contributed by atoms with E-state index in [2.05, 4.69) is 16.0 Å². The van der Waals surface area contributed by atoms with Gasteiger partial charge >= 0.3 is 11.9 Å². The quantitative estimate of drug-likeness (QED) is 0.0925. The Hall–Kier alpha value is -3.76. The zero-order chi connectivity index (χ0) is 40.7. The first-order valence-electron chi connectivity index (χ1n) is 19.2. The molecular formula is C43H61N3O10. The van der Waals surface area contributed by atoms with Crippen molar-refractivity contribution in [1.29, 1.82) is 0 Å². The second-order valence-electron chi connectivity index (χ2n) is 16.0. The number of carbonyl (C=O) groups is 2. The molecule has 13 nitrogen and oxygen atoms in total. The Balaban J connectivity index is 1.84. The third kappa shape index (κ3) is 15.0. The molecule has 6 N–H and O–H groups in total. The average Bonchev–Trinajstić information content (AvgIpc) is 3.15. The summed E-state index contributed by atoms with van der Waals surface area (Å²) < 4.78 is 31.8. The van der Waals surface area contributed by atoms with Crippen LogP contribution in [0.15, 0.2) is 91.0 Å². The van der Waals surface area contributed by atoms with Gasteiger partial charge in [-0.25, -0.2) is 0 Å². The van der Waals surface area contributed by atoms with Crippen molar-refractivity contribution in [3.8, 4) is 0 Å². The van der Waals surface area contributed by atoms with Crippen molar-refractivity contribution in [3.63, 3.8) is 0 Å². The number of rotatable bonds is 20. The third-order valence-electron chi connectivity index (χ3n) is 8.98. The van der Waals surface area contributed by atoms with Crippen molar-refractivity contribution in [3.05, 3.63) is 108 Å². The van der Waals surface area contributed by atoms with Crippen LogP contribution in [0.4, 0.5) is 0 Å². The van der Waals surface area contributed by atoms with Gasteiger partial charge in [0.15, 0.2) is 0 Å². The molecule has 3 unspecified atom stereocenters. The lowest BCUT2D eigenvalue weighted by Gasteiger charge is -2.51. The van der Waals surface area contributed by atoms with Gasteiger partial charge in [-0.05, 0) is 58.2 Å². The monoisotopic (exact) mass is 779 g/mol. The minimum Gasteiger partial charge on any atom is -0.459 e. The smallest absolute Gasteiger partial charge is 0.320 e. The molecule has 1 aliphatic carbocycles. The molecule has 0 spiro atoms. The van der Waals surface area contributed by atoms with Gasteiger partial charge in [0, 0.05) is 6.54 Å². The lowest BCUT2D eigenvalue weighted by atomic mass is 9.78. The minimum absolute atomic E-state index is 0.157. The fourth-order valence-corrected chi connectivity index (χ4v) is 6.52. The second kappa shape index (κ2) is 21.7. The molecule has 3 aromatic carbocycles. The summed E-state index contributed by atoms with van der Waals surface area (Å²) in [5.41, 5.74) is 1.20. The molecule has 8 atom stereocenters. The van der Waals surface area contributed by atoms with Crippen LogP contribution >= 0.6 is 0 Å². The second-order valence-corrected chi connectivity index (χ2v) is 16.0. The number of aliphatic hydroxyl groups excluding tert-OH is 3. The van der Waals surface area contributed by atoms with E-state index in [0.29, 0.717) is 0 Å². The van der Waals surface area contributed by atoms with Crippen LogP contribution < -0.4 is 16.0 Å². The Kier molecular flexibility index (Phi) is 17.4. The van der Waals surface area contributed by atoms with E-state index < -0.39 is 78.4 Å². The summed E-state index contributed by atoms with van der Waals surface area (Å²) in [5, 5.41) is 41.0. The molecule has 0 aromatic heterocycles. The van der Waals surface area contributed by atoms with Crippen LogP contribution in [0.2, 0.25) is 0 Å². The van der Waals surface area contributed by atoms with Crippen molar-refractivity contribution in [1.82, 2.24) is 16.0 Å². The highest BCUT2D eigenvalue weighted by atomic mass is 16.6. The summed E-state index contributed by atoms with van der Waals surface area (Å²) in [6, 6.07) is 26.6. The number of nitrogens with one attached hydrogen (secondary N) is 3. The summed E-state index contributed by atoms with van der Waals surface area (Å²) in [5.74, 6) is -0.985. The lowest BCUT2D eigenvalue weighted by Crippen LogP contribution is -2.75. The predicted octanol–water partition coefficient (Wildman–Crippen LogP) is 3.03. The third-order valence-corrected chi connectivity index (χ3v) is 8.98. The van der Waals surface area contributed by atoms with Crippen molar-refractivity contribution >= 4 is 11.9 Å². The Morgan fingerprint density at radius 2 is 0.875 bits per heavy atom. The van der Waals surface area contributed by atoms with Crippen molar-refractivity contribution in [2.75, 3.05) is 26.2 Å². The molecule has 56 heavy (non-hydrogen) atoms. The van der Waals surface area contributed by atoms with Crippen molar-refractivity contribution in [2.45, 2.75) is 121 Å². The maximum Gasteiger partial charge on any atom is 0.320 e. The van der Waals surface area contributed by atoms with E-state index >= 15 is 0 Å². The van der Waals surface area contributed by atoms with Gasteiger partial charge in [0.25, 0.3) is 0 Å². The van der Waals surface area contributed by atoms with Gasteiger partial charge in [0.1, 0.15) is 17.3 Å². The molecule has 13 heteroatoms. The average molecular weight is 780 g/mol. The first-order valence-corrected chi connectivity index (χ1v) is 19.2. The molecule has 0 radical (unpaired) electrons. The summed E-state index contributed by atoms with van der Waals surface area (Å²) >= 11 is 0. The summed E-state index contributed by atoms with van der Waals surface area (Å²) in [4.78, 5) is 26.5. The number of aliphatic hydroxyl groups is 3. The van der Waals surface area contributed by atoms with Gasteiger partial charge in [0.05, 0.1) is 82.1 Å². The fourth-order valence-electron chi connectivity index (χ4n) is 6.52. The van der Waals surface area contributed by atoms with Gasteiger partial charge in [0.2, 0.25) is 0 Å². The zero-order valence-corrected chi connectivity index (χ0v) is 33.4. The van der Waals surface area contributed by atoms with Gasteiger partial charge in [-0.2, -0.15) is 0 Å². The molecule has 0 saturated heterocycles. The molecule has 4 rings (SSSR count). The highest BCUT2D eigenvalue weighted by Crippen LogP contribution is 2.31. The van der Waals surface area contributed by atoms with Crippen molar-refractivity contribution < 1.29 is 48.6 Å². The zero-order valence-electron chi connectivity index (χ0n) is 33.4. The first kappa shape index (κ1) is 44.9. The molecule has 0 bridgehead atoms. The minimum atomic E-state index is -1.41. The topological polar surface area (TPSA) is 177 Å². The Bertz CT molecular complexity index is 1500. The van der Waals surface area contributed by atoms with Gasteiger partial charge < -0.3 is 44.3 Å². The molecule has 308 valence electrons. The number of benzene rings is 3. The first-order chi connectivity index (χ1) is 26.6. The van der Waals surface area contributed by atoms with Crippen LogP contribution in [0, 0.1) is 0 Å². The predicted molar refractivity (Wildman–Crippen MR) is 211 cm³/mol. The van der Waals surface area contributed by atoms with E-state index in [1.807, 2.05) is 91.0 Å². The van der Waals surface area contributed by atoms with E-state index in [9.17, 15) is 24.9 Å². The van der Waals surface area contributed by atoms with Crippen LogP contribution in [-0.4, -0.2) is 113 Å². The number of ether oxygens (including phenoxy) is 5. The Morgan fingerprint density at radius 1 is 0.554 bits per heavy atom. The largest absolute Gasteiger partial charge is 0.459 e. The standard InChI is InChI=1S/C43H61N3O10/c1-42(2,3)55-34(50)23-45-37-39(52-26-29-16-10-7-11-17-29)36(44-22-32(48)33(49)25-47)40(53-27-30-18-12-8-13-19-30)38(46-24-35(51)56-43(4,5)6)41(37)54-28-31-20-14-9-15-21-31/h7-21,32-33,36-41,44-49H,22-28H2,1-6H3/t32-,33+,36?,37-,38+,39?,40+,41?/m0/s1.